The number of para-hydroxylation sites is 2. The van der Waals surface area contributed by atoms with Crippen molar-refractivity contribution in [2.75, 3.05) is 24.1 Å². The molecule has 7 heteroatoms. The number of halogens is 1. The van der Waals surface area contributed by atoms with Gasteiger partial charge >= 0.3 is 0 Å². The minimum Gasteiger partial charge on any atom is -0.397 e. The predicted octanol–water partition coefficient (Wildman–Crippen LogP) is 6.05. The molecular weight excluding hydrogens is 520 g/mol. The molecule has 6 nitrogen and oxygen atoms in total. The van der Waals surface area contributed by atoms with E-state index in [-0.39, 0.29) is 23.7 Å². The molecule has 0 bridgehead atoms. The molecule has 40 heavy (non-hydrogen) atoms. The maximum atomic E-state index is 13.5. The van der Waals surface area contributed by atoms with Gasteiger partial charge < -0.3 is 16.4 Å². The first kappa shape index (κ1) is 27.4. The first-order valence-electron chi connectivity index (χ1n) is 13.5. The average molecular weight is 553 g/mol. The molecule has 0 radical (unpaired) electrons. The minimum atomic E-state index is -0.251. The molecule has 1 aliphatic heterocycles. The third kappa shape index (κ3) is 7.08. The Bertz CT molecular complexity index is 1450. The monoisotopic (exact) mass is 552 g/mol. The molecule has 0 spiro atoms. The Morgan fingerprint density at radius 1 is 0.900 bits per heavy atom. The van der Waals surface area contributed by atoms with E-state index in [1.54, 1.807) is 18.2 Å². The van der Waals surface area contributed by atoms with E-state index >= 15 is 0 Å². The minimum absolute atomic E-state index is 0.0408. The second kappa shape index (κ2) is 12.8. The number of nitrogens with zero attached hydrogens (tertiary/aromatic N) is 1. The van der Waals surface area contributed by atoms with Crippen molar-refractivity contribution >= 4 is 40.9 Å². The number of nitrogens with two attached hydrogens (primary N) is 1. The summed E-state index contributed by atoms with van der Waals surface area (Å²) in [6.07, 6.45) is 8.50. The third-order valence-corrected chi connectivity index (χ3v) is 7.69. The van der Waals surface area contributed by atoms with E-state index in [1.807, 2.05) is 54.6 Å². The zero-order valence-corrected chi connectivity index (χ0v) is 23.0. The summed E-state index contributed by atoms with van der Waals surface area (Å²) < 4.78 is 0. The first-order valence-corrected chi connectivity index (χ1v) is 13.9. The molecular formula is C33H33ClN4O2. The number of likely N-dealkylation sites (tertiary alicyclic amines) is 1. The van der Waals surface area contributed by atoms with Crippen molar-refractivity contribution in [3.8, 4) is 0 Å². The van der Waals surface area contributed by atoms with Crippen molar-refractivity contribution < 1.29 is 9.59 Å². The summed E-state index contributed by atoms with van der Waals surface area (Å²) in [5, 5.41) is 6.77. The Morgan fingerprint density at radius 3 is 2.38 bits per heavy atom. The van der Waals surface area contributed by atoms with Gasteiger partial charge in [0.2, 0.25) is 11.8 Å². The SMILES string of the molecule is Nc1ccccc1NC(=O)/C=C/c1ccc(C2CN(Cc3ccccc3)CC2C(=O)NC2=CC=C(Cl)CC2)cc1. The molecule has 2 aliphatic rings. The summed E-state index contributed by atoms with van der Waals surface area (Å²) in [5.41, 5.74) is 11.2. The van der Waals surface area contributed by atoms with Crippen LogP contribution in [-0.4, -0.2) is 29.8 Å². The van der Waals surface area contributed by atoms with Crippen molar-refractivity contribution in [3.63, 3.8) is 0 Å². The molecule has 2 atom stereocenters. The van der Waals surface area contributed by atoms with E-state index in [9.17, 15) is 9.59 Å². The van der Waals surface area contributed by atoms with E-state index < -0.39 is 0 Å². The van der Waals surface area contributed by atoms with Gasteiger partial charge in [0.1, 0.15) is 0 Å². The Labute approximate surface area is 240 Å². The molecule has 204 valence electrons. The van der Waals surface area contributed by atoms with Crippen LogP contribution in [0.3, 0.4) is 0 Å². The summed E-state index contributed by atoms with van der Waals surface area (Å²) in [5.74, 6) is -0.345. The fourth-order valence-corrected chi connectivity index (χ4v) is 5.40. The van der Waals surface area contributed by atoms with Crippen LogP contribution in [0.15, 0.2) is 108 Å². The van der Waals surface area contributed by atoms with Crippen LogP contribution in [0.5, 0.6) is 0 Å². The average Bonchev–Trinajstić information content (AvgIpc) is 3.39. The number of carbonyl (C=O) groups excluding carboxylic acids is 2. The number of benzene rings is 3. The highest BCUT2D eigenvalue weighted by Gasteiger charge is 2.38. The van der Waals surface area contributed by atoms with Gasteiger partial charge in [-0.3, -0.25) is 14.5 Å². The van der Waals surface area contributed by atoms with Gasteiger partial charge in [-0.1, -0.05) is 78.3 Å². The molecule has 4 N–H and O–H groups in total. The maximum absolute atomic E-state index is 13.5. The van der Waals surface area contributed by atoms with E-state index in [0.29, 0.717) is 17.9 Å². The summed E-state index contributed by atoms with van der Waals surface area (Å²) >= 11 is 6.11. The standard InChI is InChI=1S/C33H33ClN4O2/c34-26-15-17-27(18-16-26)36-33(40)29-22-38(20-24-6-2-1-3-7-24)21-28(29)25-13-10-23(11-14-25)12-19-32(39)37-31-9-5-4-8-30(31)35/h1-15,17,19,28-29H,16,18,20-22,35H2,(H,36,40)(H,37,39)/b19-12+. The summed E-state index contributed by atoms with van der Waals surface area (Å²) in [7, 11) is 0. The quantitative estimate of drug-likeness (QED) is 0.234. The fourth-order valence-electron chi connectivity index (χ4n) is 5.24. The van der Waals surface area contributed by atoms with E-state index in [2.05, 4.69) is 39.8 Å². The number of rotatable bonds is 8. The molecule has 2 amide bonds. The van der Waals surface area contributed by atoms with E-state index in [4.69, 9.17) is 17.3 Å². The molecule has 3 aromatic rings. The number of carbonyl (C=O) groups is 2. The van der Waals surface area contributed by atoms with Crippen LogP contribution in [0.4, 0.5) is 11.4 Å². The molecule has 1 aliphatic carbocycles. The van der Waals surface area contributed by atoms with Crippen LogP contribution in [-0.2, 0) is 16.1 Å². The van der Waals surface area contributed by atoms with Gasteiger partial charge in [-0.2, -0.15) is 0 Å². The topological polar surface area (TPSA) is 87.5 Å². The van der Waals surface area contributed by atoms with Crippen LogP contribution in [0.1, 0.15) is 35.4 Å². The highest BCUT2D eigenvalue weighted by Crippen LogP contribution is 2.34. The summed E-state index contributed by atoms with van der Waals surface area (Å²) in [4.78, 5) is 28.2. The molecule has 0 saturated carbocycles. The van der Waals surface area contributed by atoms with Gasteiger partial charge in [-0.15, -0.1) is 0 Å². The van der Waals surface area contributed by atoms with Gasteiger partial charge in [0.25, 0.3) is 0 Å². The third-order valence-electron chi connectivity index (χ3n) is 7.37. The lowest BCUT2D eigenvalue weighted by Gasteiger charge is -2.20. The van der Waals surface area contributed by atoms with Gasteiger partial charge in [-0.05, 0) is 59.9 Å². The normalized spacial score (nSPS) is 19.2. The number of anilines is 2. The molecule has 0 aromatic heterocycles. The number of hydrogen-bond acceptors (Lipinski definition) is 4. The predicted molar refractivity (Wildman–Crippen MR) is 162 cm³/mol. The Hall–Kier alpha value is -4.13. The van der Waals surface area contributed by atoms with Gasteiger partial charge in [-0.25, -0.2) is 0 Å². The number of allylic oxidation sites excluding steroid dienone is 4. The van der Waals surface area contributed by atoms with E-state index in [0.717, 1.165) is 47.8 Å². The Kier molecular flexibility index (Phi) is 8.79. The van der Waals surface area contributed by atoms with Crippen LogP contribution in [0.2, 0.25) is 0 Å². The van der Waals surface area contributed by atoms with E-state index in [1.165, 1.54) is 11.6 Å². The van der Waals surface area contributed by atoms with Crippen molar-refractivity contribution in [1.29, 1.82) is 0 Å². The van der Waals surface area contributed by atoms with Crippen molar-refractivity contribution in [3.05, 3.63) is 125 Å². The lowest BCUT2D eigenvalue weighted by Crippen LogP contribution is -2.34. The number of hydrogen-bond donors (Lipinski definition) is 3. The second-order valence-corrected chi connectivity index (χ2v) is 10.7. The highest BCUT2D eigenvalue weighted by atomic mass is 35.5. The molecule has 3 aromatic carbocycles. The molecule has 2 unspecified atom stereocenters. The van der Waals surface area contributed by atoms with Crippen LogP contribution < -0.4 is 16.4 Å². The smallest absolute Gasteiger partial charge is 0.248 e. The van der Waals surface area contributed by atoms with Crippen LogP contribution >= 0.6 is 11.6 Å². The lowest BCUT2D eigenvalue weighted by molar-refractivity contribution is -0.124. The largest absolute Gasteiger partial charge is 0.397 e. The molecule has 1 fully saturated rings. The second-order valence-electron chi connectivity index (χ2n) is 10.3. The van der Waals surface area contributed by atoms with Gasteiger partial charge in [0.15, 0.2) is 0 Å². The molecule has 1 heterocycles. The molecule has 5 rings (SSSR count). The maximum Gasteiger partial charge on any atom is 0.248 e. The van der Waals surface area contributed by atoms with Crippen molar-refractivity contribution in [1.82, 2.24) is 10.2 Å². The van der Waals surface area contributed by atoms with Crippen LogP contribution in [0, 0.1) is 5.92 Å². The van der Waals surface area contributed by atoms with Gasteiger partial charge in [0.05, 0.1) is 17.3 Å². The van der Waals surface area contributed by atoms with Crippen molar-refractivity contribution in [2.45, 2.75) is 25.3 Å². The Balaban J connectivity index is 1.28. The highest BCUT2D eigenvalue weighted by molar-refractivity contribution is 6.29. The number of nitrogen functional groups attached to an aromatic ring is 1. The first-order chi connectivity index (χ1) is 19.4. The zero-order valence-electron chi connectivity index (χ0n) is 22.2. The summed E-state index contributed by atoms with van der Waals surface area (Å²) in [6.45, 7) is 2.26. The molecule has 1 saturated heterocycles. The fraction of sp³-hybridized carbons (Fsp3) is 0.212. The lowest BCUT2D eigenvalue weighted by atomic mass is 9.87. The number of nitrogens with one attached hydrogen (secondary N) is 2. The van der Waals surface area contributed by atoms with Crippen LogP contribution in [0.25, 0.3) is 6.08 Å². The number of amides is 2. The van der Waals surface area contributed by atoms with Crippen molar-refractivity contribution in [2.24, 2.45) is 5.92 Å². The van der Waals surface area contributed by atoms with Gasteiger partial charge in [0, 0.05) is 42.4 Å². The Morgan fingerprint density at radius 2 is 1.65 bits per heavy atom. The summed E-state index contributed by atoms with van der Waals surface area (Å²) in [6, 6.07) is 25.6. The zero-order chi connectivity index (χ0) is 27.9.